The minimum absolute atomic E-state index is 0.609. The van der Waals surface area contributed by atoms with Crippen molar-refractivity contribution in [3.05, 3.63) is 66.9 Å². The van der Waals surface area contributed by atoms with Crippen LogP contribution in [0.2, 0.25) is 0 Å². The van der Waals surface area contributed by atoms with Gasteiger partial charge in [-0.25, -0.2) is 0 Å². The molecule has 0 fully saturated rings. The molecule has 0 amide bonds. The average molecular weight is 425 g/mol. The minimum atomic E-state index is 0.609. The molecule has 0 bridgehead atoms. The summed E-state index contributed by atoms with van der Waals surface area (Å²) in [5.74, 6) is 1.41. The molecule has 0 radical (unpaired) electrons. The van der Waals surface area contributed by atoms with Crippen LogP contribution in [0, 0.1) is 0 Å². The number of fused-ring (bicyclic) bond motifs is 2. The van der Waals surface area contributed by atoms with E-state index >= 15 is 0 Å². The number of nitrogens with zero attached hydrogens (tertiary/aromatic N) is 6. The van der Waals surface area contributed by atoms with E-state index in [-0.39, 0.29) is 0 Å². The number of ether oxygens (including phenoxy) is 1. The van der Waals surface area contributed by atoms with Gasteiger partial charge in [0, 0.05) is 22.7 Å². The van der Waals surface area contributed by atoms with Crippen LogP contribution in [0.15, 0.2) is 66.9 Å². The van der Waals surface area contributed by atoms with Crippen LogP contribution in [-0.2, 0) is 0 Å². The van der Waals surface area contributed by atoms with Gasteiger partial charge >= 0.3 is 0 Å². The number of benzene rings is 2. The van der Waals surface area contributed by atoms with E-state index in [2.05, 4.69) is 25.4 Å². The van der Waals surface area contributed by atoms with Crippen LogP contribution in [0.4, 0.5) is 0 Å². The number of hydrogen-bond acceptors (Lipinski definition) is 7. The molecule has 1 N–H and O–H groups in total. The minimum Gasteiger partial charge on any atom is -0.497 e. The third kappa shape index (κ3) is 2.94. The standard InChI is InChI=1S/C22H15N7OS/c1-30-15-9-7-13(8-10-15)17-12-18(25-24-17)20-26-27-22-29(20)28-21(31-22)16-6-2-4-14-5-3-11-23-19(14)16/h2-12H,1H3,(H,24,25). The van der Waals surface area contributed by atoms with Gasteiger partial charge in [0.1, 0.15) is 16.5 Å². The average Bonchev–Trinajstić information content (AvgIpc) is 3.55. The molecule has 2 aromatic carbocycles. The van der Waals surface area contributed by atoms with Crippen LogP contribution in [0.5, 0.6) is 5.75 Å². The van der Waals surface area contributed by atoms with E-state index in [1.807, 2.05) is 60.7 Å². The van der Waals surface area contributed by atoms with E-state index in [1.165, 1.54) is 11.3 Å². The Morgan fingerprint density at radius 3 is 2.74 bits per heavy atom. The summed E-state index contributed by atoms with van der Waals surface area (Å²) in [6.07, 6.45) is 1.79. The molecule has 0 atom stereocenters. The first-order chi connectivity index (χ1) is 15.3. The van der Waals surface area contributed by atoms with E-state index in [0.717, 1.165) is 44.2 Å². The maximum atomic E-state index is 5.22. The highest BCUT2D eigenvalue weighted by molar-refractivity contribution is 7.19. The predicted molar refractivity (Wildman–Crippen MR) is 119 cm³/mol. The lowest BCUT2D eigenvalue weighted by atomic mass is 10.1. The largest absolute Gasteiger partial charge is 0.497 e. The second-order valence-electron chi connectivity index (χ2n) is 6.90. The Balaban J connectivity index is 1.41. The van der Waals surface area contributed by atoms with Gasteiger partial charge in [0.05, 0.1) is 18.3 Å². The highest BCUT2D eigenvalue weighted by Crippen LogP contribution is 2.32. The fourth-order valence-electron chi connectivity index (χ4n) is 3.52. The van der Waals surface area contributed by atoms with E-state index < -0.39 is 0 Å². The zero-order valence-corrected chi connectivity index (χ0v) is 17.2. The number of para-hydroxylation sites is 1. The number of pyridine rings is 1. The van der Waals surface area contributed by atoms with Crippen LogP contribution >= 0.6 is 11.3 Å². The fourth-order valence-corrected chi connectivity index (χ4v) is 4.38. The summed E-state index contributed by atoms with van der Waals surface area (Å²) in [5.41, 5.74) is 4.42. The van der Waals surface area contributed by atoms with Gasteiger partial charge in [0.2, 0.25) is 10.8 Å². The van der Waals surface area contributed by atoms with Crippen molar-refractivity contribution < 1.29 is 4.74 Å². The SMILES string of the molecule is COc1ccc(-c2cc(-c3nnc4sc(-c5cccc6cccnc56)nn34)[nH]n2)cc1. The Hall–Kier alpha value is -4.11. The third-order valence-corrected chi connectivity index (χ3v) is 5.99. The van der Waals surface area contributed by atoms with Crippen LogP contribution in [0.25, 0.3) is 49.2 Å². The number of nitrogens with one attached hydrogen (secondary N) is 1. The lowest BCUT2D eigenvalue weighted by Crippen LogP contribution is -1.92. The van der Waals surface area contributed by atoms with Crippen molar-refractivity contribution in [2.75, 3.05) is 7.11 Å². The highest BCUT2D eigenvalue weighted by Gasteiger charge is 2.18. The molecule has 6 rings (SSSR count). The highest BCUT2D eigenvalue weighted by atomic mass is 32.1. The third-order valence-electron chi connectivity index (χ3n) is 5.06. The second-order valence-corrected chi connectivity index (χ2v) is 7.86. The quantitative estimate of drug-likeness (QED) is 0.448. The van der Waals surface area contributed by atoms with Crippen molar-refractivity contribution in [2.24, 2.45) is 0 Å². The van der Waals surface area contributed by atoms with E-state index in [1.54, 1.807) is 17.8 Å². The molecule has 8 nitrogen and oxygen atoms in total. The maximum Gasteiger partial charge on any atom is 0.235 e. The number of aromatic nitrogens is 7. The molecule has 150 valence electrons. The number of methoxy groups -OCH3 is 1. The molecule has 0 aliphatic rings. The molecule has 4 heterocycles. The van der Waals surface area contributed by atoms with Gasteiger partial charge in [-0.3, -0.25) is 10.1 Å². The molecule has 0 saturated heterocycles. The summed E-state index contributed by atoms with van der Waals surface area (Å²) in [6, 6.07) is 19.7. The van der Waals surface area contributed by atoms with Gasteiger partial charge in [-0.2, -0.15) is 14.7 Å². The lowest BCUT2D eigenvalue weighted by Gasteiger charge is -2.01. The molecule has 0 unspecified atom stereocenters. The predicted octanol–water partition coefficient (Wildman–Crippen LogP) is 4.47. The van der Waals surface area contributed by atoms with Gasteiger partial charge in [0.15, 0.2) is 0 Å². The normalized spacial score (nSPS) is 11.4. The maximum absolute atomic E-state index is 5.22. The molecular weight excluding hydrogens is 410 g/mol. The zero-order valence-electron chi connectivity index (χ0n) is 16.4. The monoisotopic (exact) mass is 425 g/mol. The fraction of sp³-hybridized carbons (Fsp3) is 0.0455. The summed E-state index contributed by atoms with van der Waals surface area (Å²) in [5, 5.41) is 22.8. The summed E-state index contributed by atoms with van der Waals surface area (Å²) < 4.78 is 6.96. The molecule has 4 aromatic heterocycles. The van der Waals surface area contributed by atoms with Crippen LogP contribution < -0.4 is 4.74 Å². The van der Waals surface area contributed by atoms with Gasteiger partial charge in [-0.15, -0.1) is 10.2 Å². The molecule has 0 saturated carbocycles. The lowest BCUT2D eigenvalue weighted by molar-refractivity contribution is 0.415. The van der Waals surface area contributed by atoms with E-state index in [9.17, 15) is 0 Å². The summed E-state index contributed by atoms with van der Waals surface area (Å²) in [6.45, 7) is 0. The van der Waals surface area contributed by atoms with Crippen LogP contribution in [0.3, 0.4) is 0 Å². The molecule has 6 aromatic rings. The van der Waals surface area contributed by atoms with E-state index in [4.69, 9.17) is 9.84 Å². The number of hydrogen-bond donors (Lipinski definition) is 1. The summed E-state index contributed by atoms with van der Waals surface area (Å²) >= 11 is 1.48. The first kappa shape index (κ1) is 17.7. The van der Waals surface area contributed by atoms with Crippen molar-refractivity contribution in [3.63, 3.8) is 0 Å². The first-order valence-electron chi connectivity index (χ1n) is 9.57. The Bertz CT molecular complexity index is 1530. The molecule has 0 aliphatic heterocycles. The van der Waals surface area contributed by atoms with Gasteiger partial charge in [-0.1, -0.05) is 29.5 Å². The van der Waals surface area contributed by atoms with Gasteiger partial charge in [-0.05, 0) is 42.5 Å². The van der Waals surface area contributed by atoms with Gasteiger partial charge in [0.25, 0.3) is 0 Å². The summed E-state index contributed by atoms with van der Waals surface area (Å²) in [4.78, 5) is 5.25. The first-order valence-corrected chi connectivity index (χ1v) is 10.4. The Morgan fingerprint density at radius 1 is 1.00 bits per heavy atom. The molecule has 0 spiro atoms. The van der Waals surface area contributed by atoms with Crippen LogP contribution in [0.1, 0.15) is 0 Å². The topological polar surface area (TPSA) is 93.9 Å². The van der Waals surface area contributed by atoms with Crippen molar-refractivity contribution in [3.8, 4) is 39.1 Å². The smallest absolute Gasteiger partial charge is 0.235 e. The Morgan fingerprint density at radius 2 is 1.87 bits per heavy atom. The van der Waals surface area contributed by atoms with Crippen molar-refractivity contribution >= 4 is 27.2 Å². The number of rotatable bonds is 4. The van der Waals surface area contributed by atoms with Crippen molar-refractivity contribution in [1.29, 1.82) is 0 Å². The van der Waals surface area contributed by atoms with Gasteiger partial charge < -0.3 is 4.74 Å². The number of aromatic amines is 1. The van der Waals surface area contributed by atoms with Crippen molar-refractivity contribution in [2.45, 2.75) is 0 Å². The van der Waals surface area contributed by atoms with E-state index in [0.29, 0.717) is 10.8 Å². The summed E-state index contributed by atoms with van der Waals surface area (Å²) in [7, 11) is 1.65. The Kier molecular flexibility index (Phi) is 4.00. The molecule has 9 heteroatoms. The molecule has 31 heavy (non-hydrogen) atoms. The van der Waals surface area contributed by atoms with Crippen molar-refractivity contribution in [1.82, 2.24) is 35.0 Å². The number of H-pyrrole nitrogens is 1. The Labute approximate surface area is 180 Å². The van der Waals surface area contributed by atoms with Crippen LogP contribution in [-0.4, -0.2) is 42.1 Å². The zero-order chi connectivity index (χ0) is 20.8. The molecular formula is C22H15N7OS. The molecule has 0 aliphatic carbocycles. The second kappa shape index (κ2) is 6.99.